The van der Waals surface area contributed by atoms with E-state index in [9.17, 15) is 13.2 Å². The molecule has 1 aromatic rings. The predicted molar refractivity (Wildman–Crippen MR) is 47.4 cm³/mol. The van der Waals surface area contributed by atoms with E-state index < -0.39 is 16.0 Å². The fraction of sp³-hybridized carbons (Fsp3) is 0.167. The third kappa shape index (κ3) is 1.87. The van der Waals surface area contributed by atoms with E-state index in [0.717, 1.165) is 11.3 Å². The number of aromatic carboxylic acids is 1. The van der Waals surface area contributed by atoms with E-state index in [-0.39, 0.29) is 10.5 Å². The second-order valence-electron chi connectivity index (χ2n) is 2.38. The largest absolute Gasteiger partial charge is 0.478 e. The quantitative estimate of drug-likeness (QED) is 0.755. The van der Waals surface area contributed by atoms with Gasteiger partial charge >= 0.3 is 5.97 Å². The second kappa shape index (κ2) is 3.09. The lowest BCUT2D eigenvalue weighted by molar-refractivity contribution is 0.0693. The van der Waals surface area contributed by atoms with Crippen LogP contribution in [0.4, 0.5) is 0 Å². The first kappa shape index (κ1) is 10.2. The Morgan fingerprint density at radius 2 is 2.15 bits per heavy atom. The molecule has 3 N–H and O–H groups in total. The van der Waals surface area contributed by atoms with Gasteiger partial charge in [-0.25, -0.2) is 18.4 Å². The van der Waals surface area contributed by atoms with E-state index in [1.807, 2.05) is 0 Å². The Hall–Kier alpha value is -0.920. The number of rotatable bonds is 2. The van der Waals surface area contributed by atoms with Crippen molar-refractivity contribution in [2.24, 2.45) is 5.14 Å². The number of hydrogen-bond acceptors (Lipinski definition) is 4. The topological polar surface area (TPSA) is 97.5 Å². The summed E-state index contributed by atoms with van der Waals surface area (Å²) in [6.45, 7) is 1.51. The summed E-state index contributed by atoms with van der Waals surface area (Å²) in [6.07, 6.45) is 0. The lowest BCUT2D eigenvalue weighted by Crippen LogP contribution is -2.16. The van der Waals surface area contributed by atoms with Crippen molar-refractivity contribution in [1.82, 2.24) is 0 Å². The highest BCUT2D eigenvalue weighted by atomic mass is 32.2. The minimum absolute atomic E-state index is 0.259. The average molecular weight is 221 g/mol. The third-order valence-electron chi connectivity index (χ3n) is 1.43. The zero-order valence-electron chi connectivity index (χ0n) is 6.64. The van der Waals surface area contributed by atoms with Crippen LogP contribution in [0.15, 0.2) is 10.3 Å². The van der Waals surface area contributed by atoms with Gasteiger partial charge in [-0.05, 0) is 6.92 Å². The normalized spacial score (nSPS) is 11.5. The molecule has 0 fully saturated rings. The van der Waals surface area contributed by atoms with Gasteiger partial charge in [-0.2, -0.15) is 0 Å². The van der Waals surface area contributed by atoms with Crippen molar-refractivity contribution in [3.63, 3.8) is 0 Å². The number of hydrogen-bond donors (Lipinski definition) is 2. The SMILES string of the molecule is Cc1scc(C(=O)O)c1S(N)(=O)=O. The molecular weight excluding hydrogens is 214 g/mol. The molecule has 72 valence electrons. The molecule has 0 aromatic carbocycles. The van der Waals surface area contributed by atoms with Crippen molar-refractivity contribution < 1.29 is 18.3 Å². The molecule has 0 bridgehead atoms. The van der Waals surface area contributed by atoms with E-state index >= 15 is 0 Å². The molecule has 0 amide bonds. The van der Waals surface area contributed by atoms with E-state index in [4.69, 9.17) is 10.2 Å². The molecule has 0 unspecified atom stereocenters. The van der Waals surface area contributed by atoms with Crippen LogP contribution in [-0.2, 0) is 10.0 Å². The first-order chi connectivity index (χ1) is 5.84. The lowest BCUT2D eigenvalue weighted by Gasteiger charge is -1.97. The molecule has 0 atom stereocenters. The summed E-state index contributed by atoms with van der Waals surface area (Å²) in [5.74, 6) is -1.28. The molecule has 0 saturated carbocycles. The highest BCUT2D eigenvalue weighted by Gasteiger charge is 2.22. The van der Waals surface area contributed by atoms with Crippen LogP contribution in [-0.4, -0.2) is 19.5 Å². The molecule has 5 nitrogen and oxygen atoms in total. The Kier molecular flexibility index (Phi) is 2.42. The van der Waals surface area contributed by atoms with Crippen molar-refractivity contribution >= 4 is 27.3 Å². The number of carboxylic acids is 1. The standard InChI is InChI=1S/C6H7NO4S2/c1-3-5(13(7,10)11)4(2-12-3)6(8)9/h2H,1H3,(H,8,9)(H2,7,10,11). The summed E-state index contributed by atoms with van der Waals surface area (Å²) < 4.78 is 21.9. The maximum atomic E-state index is 11.0. The number of sulfonamides is 1. The molecule has 7 heteroatoms. The maximum Gasteiger partial charge on any atom is 0.337 e. The highest BCUT2D eigenvalue weighted by molar-refractivity contribution is 7.89. The van der Waals surface area contributed by atoms with Crippen LogP contribution in [0.3, 0.4) is 0 Å². The number of thiophene rings is 1. The number of primary sulfonamides is 1. The Morgan fingerprint density at radius 3 is 2.46 bits per heavy atom. The Morgan fingerprint density at radius 1 is 1.62 bits per heavy atom. The first-order valence-corrected chi connectivity index (χ1v) is 5.61. The van der Waals surface area contributed by atoms with Crippen LogP contribution in [0.25, 0.3) is 0 Å². The van der Waals surface area contributed by atoms with Gasteiger partial charge < -0.3 is 5.11 Å². The van der Waals surface area contributed by atoms with Gasteiger partial charge in [-0.3, -0.25) is 0 Å². The molecule has 1 aromatic heterocycles. The number of carboxylic acid groups (broad SMARTS) is 1. The van der Waals surface area contributed by atoms with Gasteiger partial charge in [0.2, 0.25) is 10.0 Å². The van der Waals surface area contributed by atoms with Crippen molar-refractivity contribution in [3.8, 4) is 0 Å². The van der Waals surface area contributed by atoms with Crippen LogP contribution in [0.2, 0.25) is 0 Å². The minimum Gasteiger partial charge on any atom is -0.478 e. The third-order valence-corrected chi connectivity index (χ3v) is 3.57. The van der Waals surface area contributed by atoms with Gasteiger partial charge in [0.1, 0.15) is 4.90 Å². The summed E-state index contributed by atoms with van der Waals surface area (Å²) in [4.78, 5) is 10.7. The monoisotopic (exact) mass is 221 g/mol. The predicted octanol–water partition coefficient (Wildman–Crippen LogP) is 0.402. The molecule has 0 radical (unpaired) electrons. The summed E-state index contributed by atoms with van der Waals surface area (Å²) >= 11 is 1.05. The second-order valence-corrected chi connectivity index (χ2v) is 4.97. The molecule has 1 rings (SSSR count). The molecular formula is C6H7NO4S2. The summed E-state index contributed by atoms with van der Waals surface area (Å²) in [5, 5.41) is 14.7. The Labute approximate surface area is 78.9 Å². The fourth-order valence-electron chi connectivity index (χ4n) is 0.945. The van der Waals surface area contributed by atoms with E-state index in [0.29, 0.717) is 4.88 Å². The van der Waals surface area contributed by atoms with E-state index in [1.54, 1.807) is 0 Å². The zero-order valence-corrected chi connectivity index (χ0v) is 8.28. The van der Waals surface area contributed by atoms with Crippen molar-refractivity contribution in [2.75, 3.05) is 0 Å². The lowest BCUT2D eigenvalue weighted by atomic mass is 10.3. The molecule has 0 aliphatic heterocycles. The number of aryl methyl sites for hydroxylation is 1. The Balaban J connectivity index is 3.51. The van der Waals surface area contributed by atoms with Crippen molar-refractivity contribution in [1.29, 1.82) is 0 Å². The summed E-state index contributed by atoms with van der Waals surface area (Å²) in [6, 6.07) is 0. The van der Waals surface area contributed by atoms with Crippen LogP contribution in [0.1, 0.15) is 15.2 Å². The van der Waals surface area contributed by atoms with Crippen molar-refractivity contribution in [3.05, 3.63) is 15.8 Å². The Bertz CT molecular complexity index is 445. The van der Waals surface area contributed by atoms with Gasteiger partial charge in [0.15, 0.2) is 0 Å². The molecule has 0 aliphatic rings. The first-order valence-electron chi connectivity index (χ1n) is 3.18. The number of carbonyl (C=O) groups is 1. The van der Waals surface area contributed by atoms with Crippen LogP contribution < -0.4 is 5.14 Å². The smallest absolute Gasteiger partial charge is 0.337 e. The van der Waals surface area contributed by atoms with Crippen LogP contribution in [0, 0.1) is 6.92 Å². The molecule has 0 aliphatic carbocycles. The molecule has 0 saturated heterocycles. The van der Waals surface area contributed by atoms with Gasteiger partial charge in [0.05, 0.1) is 5.56 Å². The van der Waals surface area contributed by atoms with Gasteiger partial charge in [0.25, 0.3) is 0 Å². The van der Waals surface area contributed by atoms with Crippen molar-refractivity contribution in [2.45, 2.75) is 11.8 Å². The average Bonchev–Trinajstić information content (AvgIpc) is 2.28. The fourth-order valence-corrected chi connectivity index (χ4v) is 3.10. The maximum absolute atomic E-state index is 11.0. The minimum atomic E-state index is -3.94. The van der Waals surface area contributed by atoms with Gasteiger partial charge in [-0.15, -0.1) is 11.3 Å². The highest BCUT2D eigenvalue weighted by Crippen LogP contribution is 2.25. The van der Waals surface area contributed by atoms with E-state index in [1.165, 1.54) is 12.3 Å². The molecule has 1 heterocycles. The van der Waals surface area contributed by atoms with Crippen LogP contribution >= 0.6 is 11.3 Å². The van der Waals surface area contributed by atoms with E-state index in [2.05, 4.69) is 0 Å². The van der Waals surface area contributed by atoms with Gasteiger partial charge in [-0.1, -0.05) is 0 Å². The van der Waals surface area contributed by atoms with Gasteiger partial charge in [0, 0.05) is 10.3 Å². The summed E-state index contributed by atoms with van der Waals surface area (Å²) in [5.41, 5.74) is -0.259. The summed E-state index contributed by atoms with van der Waals surface area (Å²) in [7, 11) is -3.94. The molecule has 13 heavy (non-hydrogen) atoms. The number of nitrogens with two attached hydrogens (primary N) is 1. The molecule has 0 spiro atoms. The van der Waals surface area contributed by atoms with Crippen LogP contribution in [0.5, 0.6) is 0 Å². The zero-order chi connectivity index (χ0) is 10.2.